The monoisotopic (exact) mass is 271 g/mol. The van der Waals surface area contributed by atoms with Gasteiger partial charge in [0.05, 0.1) is 11.8 Å². The number of aryl methyl sites for hydroxylation is 1. The van der Waals surface area contributed by atoms with Gasteiger partial charge >= 0.3 is 0 Å². The van der Waals surface area contributed by atoms with Crippen LogP contribution in [0.25, 0.3) is 5.69 Å². The second-order valence-corrected chi connectivity index (χ2v) is 5.66. The van der Waals surface area contributed by atoms with Crippen LogP contribution in [-0.4, -0.2) is 21.7 Å². The molecular formula is C16H21N3O. The lowest BCUT2D eigenvalue weighted by Crippen LogP contribution is -2.08. The number of hydrogen-bond donors (Lipinski definition) is 1. The highest BCUT2D eigenvalue weighted by molar-refractivity contribution is 5.46. The summed E-state index contributed by atoms with van der Waals surface area (Å²) in [5, 5.41) is 3.47. The van der Waals surface area contributed by atoms with Crippen molar-refractivity contribution < 1.29 is 4.74 Å². The Hall–Kier alpha value is -1.97. The number of benzene rings is 1. The van der Waals surface area contributed by atoms with Crippen LogP contribution < -0.4 is 10.1 Å². The fourth-order valence-corrected chi connectivity index (χ4v) is 2.16. The highest BCUT2D eigenvalue weighted by Crippen LogP contribution is 2.26. The summed E-state index contributed by atoms with van der Waals surface area (Å²) in [5.41, 5.74) is 2.13. The molecule has 0 amide bonds. The summed E-state index contributed by atoms with van der Waals surface area (Å²) in [6.45, 7) is 6.08. The molecule has 0 unspecified atom stereocenters. The van der Waals surface area contributed by atoms with Crippen molar-refractivity contribution in [1.29, 1.82) is 0 Å². The van der Waals surface area contributed by atoms with E-state index in [2.05, 4.69) is 33.2 Å². The third-order valence-corrected chi connectivity index (χ3v) is 3.22. The van der Waals surface area contributed by atoms with Crippen molar-refractivity contribution in [2.45, 2.75) is 45.8 Å². The van der Waals surface area contributed by atoms with Crippen LogP contribution in [0, 0.1) is 6.92 Å². The Morgan fingerprint density at radius 2 is 1.95 bits per heavy atom. The molecule has 1 saturated carbocycles. The Kier molecular flexibility index (Phi) is 3.38. The number of imidazole rings is 1. The Labute approximate surface area is 119 Å². The summed E-state index contributed by atoms with van der Waals surface area (Å²) in [5.74, 6) is 1.83. The lowest BCUT2D eigenvalue weighted by molar-refractivity contribution is 0.242. The molecule has 4 nitrogen and oxygen atoms in total. The van der Waals surface area contributed by atoms with E-state index in [1.54, 1.807) is 0 Å². The summed E-state index contributed by atoms with van der Waals surface area (Å²) in [4.78, 5) is 4.56. The van der Waals surface area contributed by atoms with E-state index in [9.17, 15) is 0 Å². The first-order valence-electron chi connectivity index (χ1n) is 7.21. The predicted molar refractivity (Wildman–Crippen MR) is 80.7 cm³/mol. The Balaban J connectivity index is 1.84. The highest BCUT2D eigenvalue weighted by atomic mass is 16.5. The van der Waals surface area contributed by atoms with Crippen LogP contribution in [0.4, 0.5) is 5.95 Å². The molecule has 1 aromatic heterocycles. The van der Waals surface area contributed by atoms with E-state index in [-0.39, 0.29) is 6.10 Å². The van der Waals surface area contributed by atoms with Gasteiger partial charge < -0.3 is 10.1 Å². The number of anilines is 1. The van der Waals surface area contributed by atoms with Crippen molar-refractivity contribution >= 4 is 5.95 Å². The molecule has 0 radical (unpaired) electrons. The Morgan fingerprint density at radius 1 is 1.25 bits per heavy atom. The van der Waals surface area contributed by atoms with E-state index in [0.29, 0.717) is 6.04 Å². The lowest BCUT2D eigenvalue weighted by atomic mass is 10.3. The van der Waals surface area contributed by atoms with E-state index < -0.39 is 0 Å². The zero-order chi connectivity index (χ0) is 14.1. The maximum atomic E-state index is 5.67. The van der Waals surface area contributed by atoms with Crippen LogP contribution in [0.5, 0.6) is 5.75 Å². The molecule has 106 valence electrons. The van der Waals surface area contributed by atoms with E-state index in [4.69, 9.17) is 4.74 Å². The van der Waals surface area contributed by atoms with Gasteiger partial charge in [-0.3, -0.25) is 4.57 Å². The van der Waals surface area contributed by atoms with Crippen molar-refractivity contribution in [3.05, 3.63) is 36.2 Å². The van der Waals surface area contributed by atoms with Gasteiger partial charge in [0.2, 0.25) is 5.95 Å². The van der Waals surface area contributed by atoms with Crippen LogP contribution in [0.2, 0.25) is 0 Å². The molecule has 1 aromatic carbocycles. The molecule has 0 spiro atoms. The minimum Gasteiger partial charge on any atom is -0.491 e. The summed E-state index contributed by atoms with van der Waals surface area (Å²) >= 11 is 0. The summed E-state index contributed by atoms with van der Waals surface area (Å²) in [6.07, 6.45) is 4.74. The van der Waals surface area contributed by atoms with Gasteiger partial charge in [0, 0.05) is 17.9 Å². The molecule has 3 rings (SSSR count). The Bertz CT molecular complexity index is 582. The van der Waals surface area contributed by atoms with E-state index >= 15 is 0 Å². The molecule has 1 aliphatic rings. The first-order valence-corrected chi connectivity index (χ1v) is 7.21. The molecule has 1 aliphatic carbocycles. The van der Waals surface area contributed by atoms with Crippen LogP contribution in [0.3, 0.4) is 0 Å². The fraction of sp³-hybridized carbons (Fsp3) is 0.438. The number of hydrogen-bond acceptors (Lipinski definition) is 3. The normalized spacial score (nSPS) is 14.6. The fourth-order valence-electron chi connectivity index (χ4n) is 2.16. The largest absolute Gasteiger partial charge is 0.491 e. The SMILES string of the molecule is Cc1cn(-c2ccc(OC(C)C)cc2)c(NC2CC2)n1. The molecular weight excluding hydrogens is 250 g/mol. The maximum absolute atomic E-state index is 5.67. The molecule has 20 heavy (non-hydrogen) atoms. The highest BCUT2D eigenvalue weighted by Gasteiger charge is 2.23. The number of nitrogens with zero attached hydrogens (tertiary/aromatic N) is 2. The van der Waals surface area contributed by atoms with Gasteiger partial charge in [0.1, 0.15) is 5.75 Å². The second kappa shape index (κ2) is 5.19. The molecule has 1 heterocycles. The van der Waals surface area contributed by atoms with Gasteiger partial charge in [-0.25, -0.2) is 4.98 Å². The third-order valence-electron chi connectivity index (χ3n) is 3.22. The van der Waals surface area contributed by atoms with Gasteiger partial charge in [-0.2, -0.15) is 0 Å². The zero-order valence-electron chi connectivity index (χ0n) is 12.3. The second-order valence-electron chi connectivity index (χ2n) is 5.66. The number of rotatable bonds is 5. The van der Waals surface area contributed by atoms with Gasteiger partial charge in [-0.15, -0.1) is 0 Å². The van der Waals surface area contributed by atoms with Gasteiger partial charge in [0.15, 0.2) is 0 Å². The van der Waals surface area contributed by atoms with Crippen molar-refractivity contribution in [2.75, 3.05) is 5.32 Å². The molecule has 1 fully saturated rings. The van der Waals surface area contributed by atoms with Crippen molar-refractivity contribution in [3.63, 3.8) is 0 Å². The summed E-state index contributed by atoms with van der Waals surface area (Å²) in [7, 11) is 0. The van der Waals surface area contributed by atoms with Crippen LogP contribution >= 0.6 is 0 Å². The molecule has 4 heteroatoms. The van der Waals surface area contributed by atoms with Crippen molar-refractivity contribution in [3.8, 4) is 11.4 Å². The first-order chi connectivity index (χ1) is 9.61. The van der Waals surface area contributed by atoms with Crippen LogP contribution in [0.1, 0.15) is 32.4 Å². The molecule has 0 aliphatic heterocycles. The number of nitrogens with one attached hydrogen (secondary N) is 1. The van der Waals surface area contributed by atoms with E-state index in [1.807, 2.05) is 32.9 Å². The standard InChI is InChI=1S/C16H21N3O/c1-11(2)20-15-8-6-14(7-9-15)19-10-12(3)17-16(19)18-13-4-5-13/h6-11,13H,4-5H2,1-3H3,(H,17,18). The predicted octanol–water partition coefficient (Wildman–Crippen LogP) is 3.54. The Morgan fingerprint density at radius 3 is 2.55 bits per heavy atom. The summed E-state index contributed by atoms with van der Waals surface area (Å²) in [6, 6.07) is 8.74. The van der Waals surface area contributed by atoms with Crippen LogP contribution in [0.15, 0.2) is 30.5 Å². The topological polar surface area (TPSA) is 39.1 Å². The molecule has 0 saturated heterocycles. The van der Waals surface area contributed by atoms with Gasteiger partial charge in [-0.05, 0) is 57.9 Å². The minimum absolute atomic E-state index is 0.198. The zero-order valence-corrected chi connectivity index (χ0v) is 12.3. The summed E-state index contributed by atoms with van der Waals surface area (Å²) < 4.78 is 7.78. The van der Waals surface area contributed by atoms with Gasteiger partial charge in [-0.1, -0.05) is 0 Å². The quantitative estimate of drug-likeness (QED) is 0.904. The smallest absolute Gasteiger partial charge is 0.207 e. The van der Waals surface area contributed by atoms with Crippen molar-refractivity contribution in [1.82, 2.24) is 9.55 Å². The first kappa shape index (κ1) is 13.0. The molecule has 2 aromatic rings. The lowest BCUT2D eigenvalue weighted by Gasteiger charge is -2.12. The number of ether oxygens (including phenoxy) is 1. The average Bonchev–Trinajstić information content (AvgIpc) is 3.12. The number of aromatic nitrogens is 2. The van der Waals surface area contributed by atoms with E-state index in [1.165, 1.54) is 12.8 Å². The van der Waals surface area contributed by atoms with Gasteiger partial charge in [0.25, 0.3) is 0 Å². The molecule has 0 bridgehead atoms. The third kappa shape index (κ3) is 2.95. The maximum Gasteiger partial charge on any atom is 0.207 e. The average molecular weight is 271 g/mol. The van der Waals surface area contributed by atoms with Crippen LogP contribution in [-0.2, 0) is 0 Å². The van der Waals surface area contributed by atoms with E-state index in [0.717, 1.165) is 23.1 Å². The minimum atomic E-state index is 0.198. The van der Waals surface area contributed by atoms with Crippen molar-refractivity contribution in [2.24, 2.45) is 0 Å². The molecule has 1 N–H and O–H groups in total. The molecule has 0 atom stereocenters.